The Kier molecular flexibility index (Phi) is 4.54. The molecule has 0 radical (unpaired) electrons. The monoisotopic (exact) mass is 266 g/mol. The lowest BCUT2D eigenvalue weighted by Gasteiger charge is -2.17. The van der Waals surface area contributed by atoms with Crippen LogP contribution < -0.4 is 5.32 Å². The summed E-state index contributed by atoms with van der Waals surface area (Å²) in [5.74, 6) is 0. The van der Waals surface area contributed by atoms with E-state index in [0.29, 0.717) is 0 Å². The number of hydrogen-bond acceptors (Lipinski definition) is 3. The van der Waals surface area contributed by atoms with E-state index in [4.69, 9.17) is 11.6 Å². The molecule has 0 spiro atoms. The molecule has 2 aromatic rings. The summed E-state index contributed by atoms with van der Waals surface area (Å²) >= 11 is 7.89. The van der Waals surface area contributed by atoms with Gasteiger partial charge in [-0.25, -0.2) is 0 Å². The van der Waals surface area contributed by atoms with Crippen LogP contribution in [0.2, 0.25) is 5.02 Å². The number of thiophene rings is 1. The normalized spacial score (nSPS) is 12.6. The Morgan fingerprint density at radius 1 is 1.47 bits per heavy atom. The van der Waals surface area contributed by atoms with Crippen molar-refractivity contribution in [1.82, 2.24) is 10.3 Å². The van der Waals surface area contributed by atoms with E-state index < -0.39 is 0 Å². The third-order valence-corrected chi connectivity index (χ3v) is 3.95. The van der Waals surface area contributed by atoms with Crippen molar-refractivity contribution in [1.29, 1.82) is 0 Å². The van der Waals surface area contributed by atoms with Crippen LogP contribution in [0.25, 0.3) is 0 Å². The lowest BCUT2D eigenvalue weighted by Crippen LogP contribution is -2.22. The minimum Gasteiger partial charge on any atom is -0.306 e. The summed E-state index contributed by atoms with van der Waals surface area (Å²) in [5, 5.41) is 6.36. The third-order valence-electron chi connectivity index (χ3n) is 2.52. The average Bonchev–Trinajstić information content (AvgIpc) is 2.78. The van der Waals surface area contributed by atoms with E-state index in [9.17, 15) is 0 Å². The van der Waals surface area contributed by atoms with E-state index in [0.717, 1.165) is 28.4 Å². The first-order chi connectivity index (χ1) is 8.33. The maximum absolute atomic E-state index is 6.21. The van der Waals surface area contributed by atoms with Crippen molar-refractivity contribution in [3.8, 4) is 0 Å². The molecule has 2 rings (SSSR count). The van der Waals surface area contributed by atoms with E-state index in [1.807, 2.05) is 23.7 Å². The predicted octanol–water partition coefficient (Wildman–Crippen LogP) is 3.89. The highest BCUT2D eigenvalue weighted by Gasteiger charge is 2.17. The van der Waals surface area contributed by atoms with E-state index in [1.54, 1.807) is 17.5 Å². The Morgan fingerprint density at radius 3 is 2.94 bits per heavy atom. The second-order valence-corrected chi connectivity index (χ2v) is 5.16. The minimum atomic E-state index is 0.149. The highest BCUT2D eigenvalue weighted by molar-refractivity contribution is 7.10. The number of pyridine rings is 1. The van der Waals surface area contributed by atoms with Crippen molar-refractivity contribution < 1.29 is 0 Å². The Bertz CT molecular complexity index is 455. The van der Waals surface area contributed by atoms with Gasteiger partial charge in [-0.15, -0.1) is 11.3 Å². The molecule has 0 aliphatic carbocycles. The molecule has 4 heteroatoms. The van der Waals surface area contributed by atoms with Gasteiger partial charge in [-0.1, -0.05) is 24.6 Å². The van der Waals surface area contributed by atoms with Crippen LogP contribution in [0, 0.1) is 0 Å². The molecular formula is C13H15ClN2S. The fourth-order valence-corrected chi connectivity index (χ4v) is 2.98. The number of hydrogen-bond donors (Lipinski definition) is 1. The SMILES string of the molecule is CCCNC(c1cccnc1)c1sccc1Cl. The van der Waals surface area contributed by atoms with E-state index in [1.165, 1.54) is 0 Å². The number of halogens is 1. The van der Waals surface area contributed by atoms with Crippen molar-refractivity contribution in [3.63, 3.8) is 0 Å². The molecule has 1 atom stereocenters. The van der Waals surface area contributed by atoms with Crippen molar-refractivity contribution >= 4 is 22.9 Å². The summed E-state index contributed by atoms with van der Waals surface area (Å²) < 4.78 is 0. The predicted molar refractivity (Wildman–Crippen MR) is 73.7 cm³/mol. The second-order valence-electron chi connectivity index (χ2n) is 3.81. The zero-order chi connectivity index (χ0) is 12.1. The zero-order valence-electron chi connectivity index (χ0n) is 9.69. The van der Waals surface area contributed by atoms with Crippen molar-refractivity contribution in [2.45, 2.75) is 19.4 Å². The molecule has 2 nitrogen and oxygen atoms in total. The molecule has 2 heterocycles. The first-order valence-corrected chi connectivity index (χ1v) is 6.95. The number of rotatable bonds is 5. The molecule has 1 unspecified atom stereocenters. The molecule has 0 aliphatic heterocycles. The molecule has 0 amide bonds. The molecule has 1 N–H and O–H groups in total. The van der Waals surface area contributed by atoms with Crippen LogP contribution in [0.1, 0.15) is 29.8 Å². The molecule has 0 aromatic carbocycles. The summed E-state index contributed by atoms with van der Waals surface area (Å²) in [4.78, 5) is 5.34. The fourth-order valence-electron chi connectivity index (χ4n) is 1.71. The third kappa shape index (κ3) is 3.06. The molecule has 0 bridgehead atoms. The summed E-state index contributed by atoms with van der Waals surface area (Å²) in [7, 11) is 0. The van der Waals surface area contributed by atoms with Gasteiger partial charge in [-0.05, 0) is 36.0 Å². The van der Waals surface area contributed by atoms with Gasteiger partial charge in [0, 0.05) is 17.3 Å². The first-order valence-electron chi connectivity index (χ1n) is 5.69. The van der Waals surface area contributed by atoms with Crippen molar-refractivity contribution in [2.24, 2.45) is 0 Å². The topological polar surface area (TPSA) is 24.9 Å². The maximum Gasteiger partial charge on any atom is 0.0701 e. The van der Waals surface area contributed by atoms with Crippen molar-refractivity contribution in [3.05, 3.63) is 51.4 Å². The molecule has 0 aliphatic rings. The molecule has 0 fully saturated rings. The first kappa shape index (κ1) is 12.6. The molecule has 0 saturated carbocycles. The Morgan fingerprint density at radius 2 is 2.35 bits per heavy atom. The molecule has 17 heavy (non-hydrogen) atoms. The highest BCUT2D eigenvalue weighted by Crippen LogP contribution is 2.32. The molecule has 90 valence electrons. The van der Waals surface area contributed by atoms with Gasteiger partial charge in [0.25, 0.3) is 0 Å². The Balaban J connectivity index is 2.29. The van der Waals surface area contributed by atoms with E-state index in [-0.39, 0.29) is 6.04 Å². The summed E-state index contributed by atoms with van der Waals surface area (Å²) in [5.41, 5.74) is 1.16. The van der Waals surface area contributed by atoms with E-state index >= 15 is 0 Å². The van der Waals surface area contributed by atoms with Gasteiger partial charge in [0.2, 0.25) is 0 Å². The summed E-state index contributed by atoms with van der Waals surface area (Å²) in [6.45, 7) is 3.12. The van der Waals surface area contributed by atoms with E-state index in [2.05, 4.69) is 23.3 Å². The van der Waals surface area contributed by atoms with Gasteiger partial charge in [-0.2, -0.15) is 0 Å². The second kappa shape index (κ2) is 6.15. The smallest absolute Gasteiger partial charge is 0.0701 e. The van der Waals surface area contributed by atoms with Crippen LogP contribution in [0.4, 0.5) is 0 Å². The highest BCUT2D eigenvalue weighted by atomic mass is 35.5. The standard InChI is InChI=1S/C13H15ClN2S/c1-2-6-16-12(10-4-3-7-15-9-10)13-11(14)5-8-17-13/h3-5,7-9,12,16H,2,6H2,1H3. The van der Waals surface area contributed by atoms with Crippen LogP contribution in [-0.4, -0.2) is 11.5 Å². The molecular weight excluding hydrogens is 252 g/mol. The maximum atomic E-state index is 6.21. The van der Waals surface area contributed by atoms with Crippen LogP contribution in [-0.2, 0) is 0 Å². The van der Waals surface area contributed by atoms with Gasteiger partial charge >= 0.3 is 0 Å². The Hall–Kier alpha value is -0.900. The molecule has 0 saturated heterocycles. The number of aromatic nitrogens is 1. The lowest BCUT2D eigenvalue weighted by molar-refractivity contribution is 0.604. The van der Waals surface area contributed by atoms with Gasteiger partial charge in [0.05, 0.1) is 11.1 Å². The zero-order valence-corrected chi connectivity index (χ0v) is 11.3. The number of nitrogens with zero attached hydrogens (tertiary/aromatic N) is 1. The van der Waals surface area contributed by atoms with Crippen LogP contribution in [0.3, 0.4) is 0 Å². The van der Waals surface area contributed by atoms with Crippen LogP contribution in [0.5, 0.6) is 0 Å². The summed E-state index contributed by atoms with van der Waals surface area (Å²) in [6.07, 6.45) is 4.78. The van der Waals surface area contributed by atoms with Gasteiger partial charge in [-0.3, -0.25) is 4.98 Å². The number of nitrogens with one attached hydrogen (secondary N) is 1. The fraction of sp³-hybridized carbons (Fsp3) is 0.308. The summed E-state index contributed by atoms with van der Waals surface area (Å²) in [6, 6.07) is 6.13. The molecule has 2 aromatic heterocycles. The quantitative estimate of drug-likeness (QED) is 0.888. The largest absolute Gasteiger partial charge is 0.306 e. The van der Waals surface area contributed by atoms with Crippen molar-refractivity contribution in [2.75, 3.05) is 6.54 Å². The minimum absolute atomic E-state index is 0.149. The average molecular weight is 267 g/mol. The van der Waals surface area contributed by atoms with Crippen LogP contribution >= 0.6 is 22.9 Å². The lowest BCUT2D eigenvalue weighted by atomic mass is 10.1. The van der Waals surface area contributed by atoms with Gasteiger partial charge in [0.1, 0.15) is 0 Å². The van der Waals surface area contributed by atoms with Gasteiger partial charge in [0.15, 0.2) is 0 Å². The van der Waals surface area contributed by atoms with Gasteiger partial charge < -0.3 is 5.32 Å². The Labute approximate surface area is 111 Å². The van der Waals surface area contributed by atoms with Crippen LogP contribution in [0.15, 0.2) is 36.0 Å².